The van der Waals surface area contributed by atoms with Crippen molar-refractivity contribution in [3.05, 3.63) is 35.9 Å². The van der Waals surface area contributed by atoms with Crippen molar-refractivity contribution in [2.24, 2.45) is 0 Å². The average molecular weight is 344 g/mol. The van der Waals surface area contributed by atoms with Crippen LogP contribution in [0, 0.1) is 0 Å². The van der Waals surface area contributed by atoms with Crippen LogP contribution in [0.2, 0.25) is 0 Å². The fraction of sp³-hybridized carbons (Fsp3) is 0.500. The molecule has 1 aromatic rings. The number of allylic oxidation sites excluding steroid dienone is 1. The highest BCUT2D eigenvalue weighted by molar-refractivity contribution is 5.99. The molecule has 0 saturated carbocycles. The van der Waals surface area contributed by atoms with Crippen molar-refractivity contribution < 1.29 is 27.8 Å². The van der Waals surface area contributed by atoms with Crippen LogP contribution >= 0.6 is 0 Å². The third-order valence-electron chi connectivity index (χ3n) is 3.46. The standard InChI is InChI=1S/C18H23F3O3/c1-2-3-4-5-6-7-12-24-15-10-8-14(9-11-15)16(22)13-17(23)18(19,20)21/h8-11,13,22H,2-7,12H2,1H3/b16-13-. The van der Waals surface area contributed by atoms with Crippen LogP contribution in [0.15, 0.2) is 30.3 Å². The molecule has 0 saturated heterocycles. The lowest BCUT2D eigenvalue weighted by atomic mass is 10.1. The van der Waals surface area contributed by atoms with Crippen LogP contribution in [0.25, 0.3) is 5.76 Å². The summed E-state index contributed by atoms with van der Waals surface area (Å²) in [5.41, 5.74) is 0.125. The second-order valence-electron chi connectivity index (χ2n) is 5.53. The molecule has 1 aromatic carbocycles. The third-order valence-corrected chi connectivity index (χ3v) is 3.46. The first-order valence-electron chi connectivity index (χ1n) is 8.09. The summed E-state index contributed by atoms with van der Waals surface area (Å²) in [6.45, 7) is 2.73. The first kappa shape index (κ1) is 20.1. The van der Waals surface area contributed by atoms with Crippen LogP contribution in [0.1, 0.15) is 51.0 Å². The van der Waals surface area contributed by atoms with Crippen molar-refractivity contribution in [2.45, 2.75) is 51.6 Å². The number of aliphatic hydroxyl groups is 1. The van der Waals surface area contributed by atoms with Gasteiger partial charge >= 0.3 is 6.18 Å². The van der Waals surface area contributed by atoms with Gasteiger partial charge in [-0.05, 0) is 30.7 Å². The van der Waals surface area contributed by atoms with Gasteiger partial charge in [-0.25, -0.2) is 0 Å². The Balaban J connectivity index is 2.43. The highest BCUT2D eigenvalue weighted by atomic mass is 19.4. The van der Waals surface area contributed by atoms with Gasteiger partial charge in [-0.15, -0.1) is 0 Å². The van der Waals surface area contributed by atoms with Gasteiger partial charge in [-0.1, -0.05) is 39.0 Å². The van der Waals surface area contributed by atoms with E-state index >= 15 is 0 Å². The number of aliphatic hydroxyl groups excluding tert-OH is 1. The molecule has 0 spiro atoms. The van der Waals surface area contributed by atoms with Crippen LogP contribution in [-0.4, -0.2) is 23.7 Å². The summed E-state index contributed by atoms with van der Waals surface area (Å²) in [5.74, 6) is -2.24. The molecule has 1 rings (SSSR count). The number of unbranched alkanes of at least 4 members (excludes halogenated alkanes) is 5. The first-order chi connectivity index (χ1) is 11.3. The van der Waals surface area contributed by atoms with Crippen LogP contribution in [0.3, 0.4) is 0 Å². The molecule has 0 heterocycles. The Bertz CT molecular complexity index is 533. The number of ether oxygens (including phenoxy) is 1. The van der Waals surface area contributed by atoms with Gasteiger partial charge in [0.25, 0.3) is 5.78 Å². The highest BCUT2D eigenvalue weighted by Gasteiger charge is 2.36. The van der Waals surface area contributed by atoms with Crippen molar-refractivity contribution in [3.8, 4) is 5.75 Å². The summed E-state index contributed by atoms with van der Waals surface area (Å²) in [5, 5.41) is 9.56. The van der Waals surface area contributed by atoms with E-state index in [1.807, 2.05) is 0 Å². The summed E-state index contributed by atoms with van der Waals surface area (Å²) in [4.78, 5) is 10.8. The Hall–Kier alpha value is -1.98. The summed E-state index contributed by atoms with van der Waals surface area (Å²) in [6, 6.07) is 5.92. The maximum atomic E-state index is 12.1. The van der Waals surface area contributed by atoms with Crippen LogP contribution in [0.5, 0.6) is 5.75 Å². The summed E-state index contributed by atoms with van der Waals surface area (Å²) < 4.78 is 41.9. The van der Waals surface area contributed by atoms with Crippen LogP contribution < -0.4 is 4.74 Å². The molecule has 24 heavy (non-hydrogen) atoms. The number of carbonyl (C=O) groups is 1. The number of hydrogen-bond donors (Lipinski definition) is 1. The van der Waals surface area contributed by atoms with Gasteiger partial charge in [0, 0.05) is 11.6 Å². The predicted molar refractivity (Wildman–Crippen MR) is 87.0 cm³/mol. The molecule has 6 heteroatoms. The van der Waals surface area contributed by atoms with Gasteiger partial charge < -0.3 is 9.84 Å². The molecule has 134 valence electrons. The van der Waals surface area contributed by atoms with Gasteiger partial charge in [0.1, 0.15) is 11.5 Å². The lowest BCUT2D eigenvalue weighted by Gasteiger charge is -2.07. The minimum Gasteiger partial charge on any atom is -0.507 e. The summed E-state index contributed by atoms with van der Waals surface area (Å²) in [6.07, 6.45) is 2.09. The third kappa shape index (κ3) is 7.53. The molecule has 0 aliphatic carbocycles. The van der Waals surface area contributed by atoms with Crippen LogP contribution in [0.4, 0.5) is 13.2 Å². The van der Waals surface area contributed by atoms with Crippen molar-refractivity contribution in [3.63, 3.8) is 0 Å². The molecule has 1 N–H and O–H groups in total. The number of carbonyl (C=O) groups excluding carboxylic acids is 1. The van der Waals surface area contributed by atoms with E-state index in [1.54, 1.807) is 12.1 Å². The molecule has 0 aliphatic heterocycles. The number of halogens is 3. The fourth-order valence-corrected chi connectivity index (χ4v) is 2.08. The predicted octanol–water partition coefficient (Wildman–Crippen LogP) is 5.46. The second-order valence-corrected chi connectivity index (χ2v) is 5.53. The monoisotopic (exact) mass is 344 g/mol. The quantitative estimate of drug-likeness (QED) is 0.348. The zero-order valence-electron chi connectivity index (χ0n) is 13.7. The number of benzene rings is 1. The molecule has 0 aliphatic rings. The van der Waals surface area contributed by atoms with Gasteiger partial charge in [0.05, 0.1) is 6.61 Å². The molecule has 0 fully saturated rings. The first-order valence-corrected chi connectivity index (χ1v) is 8.09. The zero-order valence-corrected chi connectivity index (χ0v) is 13.7. The molecular weight excluding hydrogens is 321 g/mol. The average Bonchev–Trinajstić information content (AvgIpc) is 2.53. The van der Waals surface area contributed by atoms with Gasteiger partial charge in [-0.2, -0.15) is 13.2 Å². The molecule has 0 amide bonds. The van der Waals surface area contributed by atoms with E-state index < -0.39 is 17.7 Å². The fourth-order valence-electron chi connectivity index (χ4n) is 2.08. The normalized spacial score (nSPS) is 12.2. The summed E-state index contributed by atoms with van der Waals surface area (Å²) >= 11 is 0. The largest absolute Gasteiger partial charge is 0.507 e. The maximum absolute atomic E-state index is 12.1. The van der Waals surface area contributed by atoms with E-state index in [1.165, 1.54) is 37.8 Å². The maximum Gasteiger partial charge on any atom is 0.454 e. The Kier molecular flexibility index (Phi) is 8.36. The van der Waals surface area contributed by atoms with E-state index in [0.717, 1.165) is 12.8 Å². The van der Waals surface area contributed by atoms with Crippen LogP contribution in [-0.2, 0) is 4.79 Å². The molecule has 0 unspecified atom stereocenters. The number of alkyl halides is 3. The molecular formula is C18H23F3O3. The minimum absolute atomic E-state index is 0.125. The van der Waals surface area contributed by atoms with Crippen molar-refractivity contribution >= 4 is 11.5 Å². The van der Waals surface area contributed by atoms with Crippen molar-refractivity contribution in [1.82, 2.24) is 0 Å². The van der Waals surface area contributed by atoms with Gasteiger partial charge in [0.2, 0.25) is 0 Å². The number of hydrogen-bond acceptors (Lipinski definition) is 3. The smallest absolute Gasteiger partial charge is 0.454 e. The number of ketones is 1. The minimum atomic E-state index is -4.99. The SMILES string of the molecule is CCCCCCCCOc1ccc(/C(O)=C/C(=O)C(F)(F)F)cc1. The Morgan fingerprint density at radius 1 is 1.08 bits per heavy atom. The molecule has 0 aromatic heterocycles. The molecule has 0 atom stereocenters. The molecule has 0 radical (unpaired) electrons. The lowest BCUT2D eigenvalue weighted by molar-refractivity contribution is -0.165. The summed E-state index contributed by atoms with van der Waals surface area (Å²) in [7, 11) is 0. The van der Waals surface area contributed by atoms with Crippen molar-refractivity contribution in [2.75, 3.05) is 6.61 Å². The second kappa shape index (κ2) is 10.0. The zero-order chi connectivity index (χ0) is 18.0. The Labute approximate surface area is 140 Å². The molecule has 3 nitrogen and oxygen atoms in total. The van der Waals surface area contributed by atoms with Crippen molar-refractivity contribution in [1.29, 1.82) is 0 Å². The van der Waals surface area contributed by atoms with E-state index in [4.69, 9.17) is 4.74 Å². The highest BCUT2D eigenvalue weighted by Crippen LogP contribution is 2.21. The van der Waals surface area contributed by atoms with Gasteiger partial charge in [0.15, 0.2) is 0 Å². The topological polar surface area (TPSA) is 46.5 Å². The van der Waals surface area contributed by atoms with E-state index in [9.17, 15) is 23.1 Å². The van der Waals surface area contributed by atoms with E-state index in [0.29, 0.717) is 12.4 Å². The Morgan fingerprint density at radius 3 is 2.25 bits per heavy atom. The van der Waals surface area contributed by atoms with E-state index in [2.05, 4.69) is 6.92 Å². The van der Waals surface area contributed by atoms with E-state index in [-0.39, 0.29) is 11.6 Å². The molecule has 0 bridgehead atoms. The Morgan fingerprint density at radius 2 is 1.67 bits per heavy atom. The number of rotatable bonds is 10. The lowest BCUT2D eigenvalue weighted by Crippen LogP contribution is -2.20. The van der Waals surface area contributed by atoms with Gasteiger partial charge in [-0.3, -0.25) is 4.79 Å².